The first kappa shape index (κ1) is 18.1. The number of hydrogen-bond acceptors (Lipinski definition) is 6. The molecule has 0 fully saturated rings. The predicted octanol–water partition coefficient (Wildman–Crippen LogP) is 3.59. The van der Waals surface area contributed by atoms with Crippen molar-refractivity contribution < 1.29 is 14.3 Å². The maximum Gasteiger partial charge on any atom is 0.273 e. The number of likely N-dealkylation sites (N-methyl/N-ethyl adjacent to an activating group) is 1. The molecule has 2 aromatic heterocycles. The molecule has 1 aromatic carbocycles. The lowest BCUT2D eigenvalue weighted by molar-refractivity contribution is -0.116. The van der Waals surface area contributed by atoms with Crippen molar-refractivity contribution in [3.05, 3.63) is 52.2 Å². The maximum absolute atomic E-state index is 12.5. The van der Waals surface area contributed by atoms with E-state index in [1.165, 1.54) is 16.2 Å². The summed E-state index contributed by atoms with van der Waals surface area (Å²) in [5.74, 6) is 0.146. The van der Waals surface area contributed by atoms with Crippen LogP contribution in [0, 0.1) is 0 Å². The van der Waals surface area contributed by atoms with Gasteiger partial charge in [0.15, 0.2) is 0 Å². The topological polar surface area (TPSA) is 71.5 Å². The fraction of sp³-hybridized carbons (Fsp3) is 0.167. The van der Waals surface area contributed by atoms with Crippen LogP contribution in [-0.4, -0.2) is 42.4 Å². The van der Waals surface area contributed by atoms with Crippen LogP contribution in [0.2, 0.25) is 0 Å². The second kappa shape index (κ2) is 8.11. The van der Waals surface area contributed by atoms with E-state index in [0.29, 0.717) is 17.1 Å². The highest BCUT2D eigenvalue weighted by Gasteiger charge is 2.18. The van der Waals surface area contributed by atoms with Gasteiger partial charge in [0.1, 0.15) is 16.5 Å². The van der Waals surface area contributed by atoms with Gasteiger partial charge in [-0.1, -0.05) is 0 Å². The first-order chi connectivity index (χ1) is 12.6. The Balaban J connectivity index is 1.59. The Morgan fingerprint density at radius 2 is 1.96 bits per heavy atom. The van der Waals surface area contributed by atoms with E-state index in [9.17, 15) is 9.59 Å². The highest BCUT2D eigenvalue weighted by Crippen LogP contribution is 2.26. The molecule has 0 saturated carbocycles. The molecule has 0 unspecified atom stereocenters. The fourth-order valence-corrected chi connectivity index (χ4v) is 3.75. The predicted molar refractivity (Wildman–Crippen MR) is 104 cm³/mol. The summed E-state index contributed by atoms with van der Waals surface area (Å²) in [6.07, 6.45) is 0. The quantitative estimate of drug-likeness (QED) is 0.702. The van der Waals surface area contributed by atoms with Crippen molar-refractivity contribution in [2.75, 3.05) is 26.0 Å². The van der Waals surface area contributed by atoms with Gasteiger partial charge in [-0.25, -0.2) is 4.98 Å². The SMILES string of the molecule is COc1ccc(NC(=O)CN(C)C(=O)c2csc(-c3ccsc3)n2)cc1. The third-order valence-electron chi connectivity index (χ3n) is 3.59. The molecule has 6 nitrogen and oxygen atoms in total. The van der Waals surface area contributed by atoms with E-state index in [2.05, 4.69) is 10.3 Å². The average Bonchev–Trinajstić information content (AvgIpc) is 3.33. The summed E-state index contributed by atoms with van der Waals surface area (Å²) in [5.41, 5.74) is 1.99. The lowest BCUT2D eigenvalue weighted by Crippen LogP contribution is -2.35. The summed E-state index contributed by atoms with van der Waals surface area (Å²) in [7, 11) is 3.16. The van der Waals surface area contributed by atoms with E-state index in [4.69, 9.17) is 4.74 Å². The molecule has 0 bridgehead atoms. The van der Waals surface area contributed by atoms with Crippen LogP contribution in [0.5, 0.6) is 5.75 Å². The Morgan fingerprint density at radius 1 is 1.19 bits per heavy atom. The Labute approximate surface area is 159 Å². The number of nitrogens with one attached hydrogen (secondary N) is 1. The monoisotopic (exact) mass is 387 g/mol. The summed E-state index contributed by atoms with van der Waals surface area (Å²) < 4.78 is 5.08. The van der Waals surface area contributed by atoms with Gasteiger partial charge in [-0.2, -0.15) is 11.3 Å². The number of thiophene rings is 1. The summed E-state index contributed by atoms with van der Waals surface area (Å²) >= 11 is 2.99. The lowest BCUT2D eigenvalue weighted by Gasteiger charge is -2.15. The molecule has 2 heterocycles. The minimum atomic E-state index is -0.285. The molecule has 8 heteroatoms. The molecular weight excluding hydrogens is 370 g/mol. The van der Waals surface area contributed by atoms with E-state index in [0.717, 1.165) is 10.6 Å². The van der Waals surface area contributed by atoms with Crippen molar-refractivity contribution >= 4 is 40.2 Å². The number of carbonyl (C=O) groups is 2. The summed E-state index contributed by atoms with van der Waals surface area (Å²) in [5, 5.41) is 9.22. The zero-order chi connectivity index (χ0) is 18.5. The second-order valence-electron chi connectivity index (χ2n) is 5.49. The van der Waals surface area contributed by atoms with Gasteiger partial charge < -0.3 is 15.0 Å². The van der Waals surface area contributed by atoms with Gasteiger partial charge >= 0.3 is 0 Å². The Morgan fingerprint density at radius 3 is 2.62 bits per heavy atom. The van der Waals surface area contributed by atoms with Crippen LogP contribution in [0.3, 0.4) is 0 Å². The number of rotatable bonds is 6. The van der Waals surface area contributed by atoms with Gasteiger partial charge in [-0.05, 0) is 35.7 Å². The third kappa shape index (κ3) is 4.27. The number of thiazole rings is 1. The molecule has 0 aliphatic heterocycles. The fourth-order valence-electron chi connectivity index (χ4n) is 2.25. The van der Waals surface area contributed by atoms with Crippen molar-refractivity contribution in [2.24, 2.45) is 0 Å². The average molecular weight is 387 g/mol. The number of benzene rings is 1. The standard InChI is InChI=1S/C18H17N3O3S2/c1-21(9-16(22)19-13-3-5-14(24-2)6-4-13)18(23)15-11-26-17(20-15)12-7-8-25-10-12/h3-8,10-11H,9H2,1-2H3,(H,19,22). The van der Waals surface area contributed by atoms with E-state index in [1.54, 1.807) is 55.1 Å². The molecule has 0 radical (unpaired) electrons. The van der Waals surface area contributed by atoms with Crippen LogP contribution >= 0.6 is 22.7 Å². The summed E-state index contributed by atoms with van der Waals surface area (Å²) in [6, 6.07) is 8.96. The van der Waals surface area contributed by atoms with Crippen LogP contribution < -0.4 is 10.1 Å². The minimum absolute atomic E-state index is 0.0594. The third-order valence-corrected chi connectivity index (χ3v) is 5.17. The second-order valence-corrected chi connectivity index (χ2v) is 7.13. The number of ether oxygens (including phenoxy) is 1. The molecule has 3 rings (SSSR count). The van der Waals surface area contributed by atoms with Gasteiger partial charge in [0, 0.05) is 29.1 Å². The summed E-state index contributed by atoms with van der Waals surface area (Å²) in [6.45, 7) is -0.0594. The van der Waals surface area contributed by atoms with E-state index in [1.807, 2.05) is 16.8 Å². The first-order valence-electron chi connectivity index (χ1n) is 7.74. The van der Waals surface area contributed by atoms with Crippen LogP contribution in [0.15, 0.2) is 46.5 Å². The normalized spacial score (nSPS) is 10.4. The van der Waals surface area contributed by atoms with E-state index in [-0.39, 0.29) is 18.4 Å². The molecule has 2 amide bonds. The molecule has 134 valence electrons. The highest BCUT2D eigenvalue weighted by atomic mass is 32.1. The van der Waals surface area contributed by atoms with Gasteiger partial charge in [0.2, 0.25) is 5.91 Å². The molecular formula is C18H17N3O3S2. The van der Waals surface area contributed by atoms with Gasteiger partial charge in [0.25, 0.3) is 5.91 Å². The minimum Gasteiger partial charge on any atom is -0.497 e. The number of nitrogens with zero attached hydrogens (tertiary/aromatic N) is 2. The smallest absolute Gasteiger partial charge is 0.273 e. The molecule has 0 aliphatic carbocycles. The molecule has 3 aromatic rings. The number of carbonyl (C=O) groups excluding carboxylic acids is 2. The summed E-state index contributed by atoms with van der Waals surface area (Å²) in [4.78, 5) is 30.4. The van der Waals surface area contributed by atoms with Crippen LogP contribution in [-0.2, 0) is 4.79 Å². The van der Waals surface area contributed by atoms with Crippen molar-refractivity contribution in [3.8, 4) is 16.3 Å². The molecule has 0 atom stereocenters. The molecule has 0 spiro atoms. The van der Waals surface area contributed by atoms with E-state index >= 15 is 0 Å². The molecule has 0 aliphatic rings. The van der Waals surface area contributed by atoms with Crippen LogP contribution in [0.4, 0.5) is 5.69 Å². The van der Waals surface area contributed by atoms with Crippen molar-refractivity contribution in [3.63, 3.8) is 0 Å². The molecule has 26 heavy (non-hydrogen) atoms. The molecule has 0 saturated heterocycles. The first-order valence-corrected chi connectivity index (χ1v) is 9.56. The number of anilines is 1. The Kier molecular flexibility index (Phi) is 5.65. The van der Waals surface area contributed by atoms with Crippen LogP contribution in [0.1, 0.15) is 10.5 Å². The van der Waals surface area contributed by atoms with Crippen molar-refractivity contribution in [1.82, 2.24) is 9.88 Å². The number of methoxy groups -OCH3 is 1. The zero-order valence-corrected chi connectivity index (χ0v) is 15.9. The maximum atomic E-state index is 12.5. The largest absolute Gasteiger partial charge is 0.497 e. The van der Waals surface area contributed by atoms with Gasteiger partial charge in [-0.15, -0.1) is 11.3 Å². The van der Waals surface area contributed by atoms with Crippen LogP contribution in [0.25, 0.3) is 10.6 Å². The Bertz CT molecular complexity index is 889. The zero-order valence-electron chi connectivity index (χ0n) is 14.3. The van der Waals surface area contributed by atoms with Crippen molar-refractivity contribution in [1.29, 1.82) is 0 Å². The number of amides is 2. The van der Waals surface area contributed by atoms with Gasteiger partial charge in [-0.3, -0.25) is 9.59 Å². The van der Waals surface area contributed by atoms with E-state index < -0.39 is 0 Å². The number of aromatic nitrogens is 1. The lowest BCUT2D eigenvalue weighted by atomic mass is 10.3. The number of hydrogen-bond donors (Lipinski definition) is 1. The highest BCUT2D eigenvalue weighted by molar-refractivity contribution is 7.14. The van der Waals surface area contributed by atoms with Gasteiger partial charge in [0.05, 0.1) is 13.7 Å². The molecule has 1 N–H and O–H groups in total. The Hall–Kier alpha value is -2.71. The van der Waals surface area contributed by atoms with Crippen molar-refractivity contribution in [2.45, 2.75) is 0 Å².